The van der Waals surface area contributed by atoms with Gasteiger partial charge in [-0.25, -0.2) is 0 Å². The maximum atomic E-state index is 12.5. The number of fused-ring (bicyclic) bond motifs is 1. The molecule has 1 aliphatic heterocycles. The van der Waals surface area contributed by atoms with Crippen LogP contribution < -0.4 is 15.0 Å². The summed E-state index contributed by atoms with van der Waals surface area (Å²) < 4.78 is 6.03. The molecule has 1 amide bonds. The zero-order valence-corrected chi connectivity index (χ0v) is 16.7. The van der Waals surface area contributed by atoms with Crippen molar-refractivity contribution in [3.05, 3.63) is 59.2 Å². The van der Waals surface area contributed by atoms with Gasteiger partial charge in [-0.2, -0.15) is 0 Å². The summed E-state index contributed by atoms with van der Waals surface area (Å²) in [6, 6.07) is 14.7. The number of rotatable bonds is 6. The molecule has 0 saturated carbocycles. The summed E-state index contributed by atoms with van der Waals surface area (Å²) in [5, 5.41) is 3.01. The molecule has 4 nitrogen and oxygen atoms in total. The van der Waals surface area contributed by atoms with Crippen LogP contribution in [0.1, 0.15) is 49.3 Å². The second kappa shape index (κ2) is 8.68. The van der Waals surface area contributed by atoms with E-state index in [1.807, 2.05) is 19.1 Å². The van der Waals surface area contributed by atoms with Gasteiger partial charge in [0.1, 0.15) is 5.75 Å². The molecule has 4 rings (SSSR count). The summed E-state index contributed by atoms with van der Waals surface area (Å²) in [4.78, 5) is 14.9. The molecule has 0 bridgehead atoms. The number of carbonyl (C=O) groups is 1. The SMILES string of the molecule is C[C@@H](Oc1cccc2c1CCCC2)C(=O)NCc1ccc(N2CCCC2)cc1. The fraction of sp³-hybridized carbons (Fsp3) is 0.458. The van der Waals surface area contributed by atoms with Crippen LogP contribution in [0.15, 0.2) is 42.5 Å². The monoisotopic (exact) mass is 378 g/mol. The Bertz CT molecular complexity index is 810. The molecule has 2 aromatic carbocycles. The molecule has 1 heterocycles. The predicted octanol–water partition coefficient (Wildman–Crippen LogP) is 4.25. The van der Waals surface area contributed by atoms with E-state index in [1.165, 1.54) is 42.5 Å². The minimum Gasteiger partial charge on any atom is -0.481 e. The summed E-state index contributed by atoms with van der Waals surface area (Å²) in [7, 11) is 0. The number of anilines is 1. The van der Waals surface area contributed by atoms with Crippen LogP contribution >= 0.6 is 0 Å². The molecule has 1 fully saturated rings. The Hall–Kier alpha value is -2.49. The van der Waals surface area contributed by atoms with Crippen molar-refractivity contribution in [3.8, 4) is 5.75 Å². The Kier molecular flexibility index (Phi) is 5.84. The summed E-state index contributed by atoms with van der Waals surface area (Å²) >= 11 is 0. The van der Waals surface area contributed by atoms with Crippen molar-refractivity contribution in [1.29, 1.82) is 0 Å². The minimum atomic E-state index is -0.503. The highest BCUT2D eigenvalue weighted by atomic mass is 16.5. The zero-order chi connectivity index (χ0) is 19.3. The molecule has 0 radical (unpaired) electrons. The Labute approximate surface area is 167 Å². The highest BCUT2D eigenvalue weighted by molar-refractivity contribution is 5.80. The van der Waals surface area contributed by atoms with Crippen molar-refractivity contribution < 1.29 is 9.53 Å². The van der Waals surface area contributed by atoms with E-state index in [4.69, 9.17) is 4.74 Å². The predicted molar refractivity (Wildman–Crippen MR) is 113 cm³/mol. The number of benzene rings is 2. The fourth-order valence-corrected chi connectivity index (χ4v) is 4.23. The van der Waals surface area contributed by atoms with E-state index in [1.54, 1.807) is 0 Å². The first-order valence-electron chi connectivity index (χ1n) is 10.6. The number of hydrogen-bond acceptors (Lipinski definition) is 3. The van der Waals surface area contributed by atoms with Gasteiger partial charge in [0.05, 0.1) is 0 Å². The lowest BCUT2D eigenvalue weighted by molar-refractivity contribution is -0.127. The van der Waals surface area contributed by atoms with Gasteiger partial charge in [-0.3, -0.25) is 4.79 Å². The number of amides is 1. The van der Waals surface area contributed by atoms with Crippen molar-refractivity contribution in [2.75, 3.05) is 18.0 Å². The third-order valence-corrected chi connectivity index (χ3v) is 5.90. The number of hydrogen-bond donors (Lipinski definition) is 1. The summed E-state index contributed by atoms with van der Waals surface area (Å²) in [6.45, 7) is 4.65. The van der Waals surface area contributed by atoms with Crippen LogP contribution in [0.5, 0.6) is 5.75 Å². The molecule has 0 unspecified atom stereocenters. The van der Waals surface area contributed by atoms with Crippen LogP contribution in [0.4, 0.5) is 5.69 Å². The van der Waals surface area contributed by atoms with Gasteiger partial charge in [0.2, 0.25) is 0 Å². The second-order valence-corrected chi connectivity index (χ2v) is 7.94. The normalized spacial score (nSPS) is 17.1. The molecule has 1 saturated heterocycles. The number of ether oxygens (including phenoxy) is 1. The number of carbonyl (C=O) groups excluding carboxylic acids is 1. The van der Waals surface area contributed by atoms with E-state index in [9.17, 15) is 4.79 Å². The maximum Gasteiger partial charge on any atom is 0.261 e. The third kappa shape index (κ3) is 4.32. The van der Waals surface area contributed by atoms with Crippen molar-refractivity contribution in [2.24, 2.45) is 0 Å². The van der Waals surface area contributed by atoms with Crippen LogP contribution in [0.25, 0.3) is 0 Å². The summed E-state index contributed by atoms with van der Waals surface area (Å²) in [6.07, 6.45) is 6.65. The number of nitrogens with zero attached hydrogens (tertiary/aromatic N) is 1. The van der Waals surface area contributed by atoms with Crippen molar-refractivity contribution >= 4 is 11.6 Å². The van der Waals surface area contributed by atoms with Crippen LogP contribution in [0, 0.1) is 0 Å². The molecular weight excluding hydrogens is 348 g/mol. The van der Waals surface area contributed by atoms with Crippen molar-refractivity contribution in [2.45, 2.75) is 58.1 Å². The third-order valence-electron chi connectivity index (χ3n) is 5.90. The van der Waals surface area contributed by atoms with Gasteiger partial charge >= 0.3 is 0 Å². The Morgan fingerprint density at radius 1 is 1.04 bits per heavy atom. The molecule has 0 aromatic heterocycles. The van der Waals surface area contributed by atoms with Crippen LogP contribution in [0.2, 0.25) is 0 Å². The highest BCUT2D eigenvalue weighted by Crippen LogP contribution is 2.30. The lowest BCUT2D eigenvalue weighted by Gasteiger charge is -2.22. The van der Waals surface area contributed by atoms with Gasteiger partial charge < -0.3 is 15.0 Å². The maximum absolute atomic E-state index is 12.5. The first-order valence-corrected chi connectivity index (χ1v) is 10.6. The molecule has 1 atom stereocenters. The lowest BCUT2D eigenvalue weighted by Crippen LogP contribution is -2.36. The van der Waals surface area contributed by atoms with Crippen molar-refractivity contribution in [1.82, 2.24) is 5.32 Å². The van der Waals surface area contributed by atoms with E-state index in [0.717, 1.165) is 37.2 Å². The first-order chi connectivity index (χ1) is 13.7. The van der Waals surface area contributed by atoms with E-state index in [-0.39, 0.29) is 5.91 Å². The second-order valence-electron chi connectivity index (χ2n) is 7.94. The van der Waals surface area contributed by atoms with Crippen LogP contribution in [0.3, 0.4) is 0 Å². The lowest BCUT2D eigenvalue weighted by atomic mass is 9.91. The van der Waals surface area contributed by atoms with Crippen LogP contribution in [-0.2, 0) is 24.2 Å². The molecule has 1 aliphatic carbocycles. The highest BCUT2D eigenvalue weighted by Gasteiger charge is 2.19. The average Bonchev–Trinajstić information content (AvgIpc) is 3.27. The standard InChI is InChI=1S/C24H30N2O2/c1-18(28-23-10-6-8-20-7-2-3-9-22(20)23)24(27)25-17-19-11-13-21(14-12-19)26-15-4-5-16-26/h6,8,10-14,18H,2-5,7,9,15-17H2,1H3,(H,25,27)/t18-/m1/s1. The molecule has 2 aromatic rings. The molecule has 148 valence electrons. The zero-order valence-electron chi connectivity index (χ0n) is 16.7. The van der Waals surface area contributed by atoms with Gasteiger partial charge in [0.15, 0.2) is 6.10 Å². The minimum absolute atomic E-state index is 0.0722. The summed E-state index contributed by atoms with van der Waals surface area (Å²) in [5.41, 5.74) is 5.04. The van der Waals surface area contributed by atoms with E-state index < -0.39 is 6.10 Å². The Morgan fingerprint density at radius 2 is 1.79 bits per heavy atom. The molecule has 1 N–H and O–H groups in total. The number of aryl methyl sites for hydroxylation is 1. The molecular formula is C24H30N2O2. The molecule has 2 aliphatic rings. The van der Waals surface area contributed by atoms with Crippen molar-refractivity contribution in [3.63, 3.8) is 0 Å². The molecule has 4 heteroatoms. The first kappa shape index (κ1) is 18.9. The fourth-order valence-electron chi connectivity index (χ4n) is 4.23. The van der Waals surface area contributed by atoms with E-state index in [0.29, 0.717) is 6.54 Å². The van der Waals surface area contributed by atoms with Gasteiger partial charge in [-0.15, -0.1) is 0 Å². The van der Waals surface area contributed by atoms with Gasteiger partial charge in [-0.05, 0) is 80.3 Å². The Morgan fingerprint density at radius 3 is 2.57 bits per heavy atom. The Balaban J connectivity index is 1.31. The summed E-state index contributed by atoms with van der Waals surface area (Å²) in [5.74, 6) is 0.798. The quantitative estimate of drug-likeness (QED) is 0.817. The number of nitrogens with one attached hydrogen (secondary N) is 1. The topological polar surface area (TPSA) is 41.6 Å². The van der Waals surface area contributed by atoms with E-state index >= 15 is 0 Å². The van der Waals surface area contributed by atoms with Gasteiger partial charge in [0, 0.05) is 25.3 Å². The van der Waals surface area contributed by atoms with Gasteiger partial charge in [-0.1, -0.05) is 24.3 Å². The molecule has 28 heavy (non-hydrogen) atoms. The average molecular weight is 379 g/mol. The van der Waals surface area contributed by atoms with Crippen LogP contribution in [-0.4, -0.2) is 25.1 Å². The van der Waals surface area contributed by atoms with Gasteiger partial charge in [0.25, 0.3) is 5.91 Å². The molecule has 0 spiro atoms. The smallest absolute Gasteiger partial charge is 0.261 e. The van der Waals surface area contributed by atoms with E-state index in [2.05, 4.69) is 40.5 Å². The largest absolute Gasteiger partial charge is 0.481 e.